The van der Waals surface area contributed by atoms with Crippen molar-refractivity contribution in [2.45, 2.75) is 0 Å². The fraction of sp³-hybridized carbons (Fsp3) is 0.200. The van der Waals surface area contributed by atoms with E-state index in [1.165, 1.54) is 7.11 Å². The van der Waals surface area contributed by atoms with E-state index >= 15 is 0 Å². The molecular weight excluding hydrogens is 214 g/mol. The molecule has 0 atom stereocenters. The van der Waals surface area contributed by atoms with Crippen LogP contribution < -0.4 is 5.73 Å². The minimum Gasteiger partial charge on any atom is -0.464 e. The quantitative estimate of drug-likeness (QED) is 0.676. The average molecular weight is 220 g/mol. The van der Waals surface area contributed by atoms with Crippen molar-refractivity contribution < 1.29 is 9.53 Å². The number of hydrogen-bond donors (Lipinski definition) is 2. The highest BCUT2D eigenvalue weighted by molar-refractivity contribution is 9.10. The number of carbonyl (C=O) groups is 1. The third-order valence-electron chi connectivity index (χ3n) is 1.15. The zero-order chi connectivity index (χ0) is 8.43. The molecule has 0 spiro atoms. The largest absolute Gasteiger partial charge is 0.464 e. The zero-order valence-electron chi connectivity index (χ0n) is 5.72. The molecule has 6 heteroatoms. The lowest BCUT2D eigenvalue weighted by Gasteiger charge is -1.94. The van der Waals surface area contributed by atoms with Crippen LogP contribution in [0.25, 0.3) is 0 Å². The van der Waals surface area contributed by atoms with Gasteiger partial charge >= 0.3 is 5.97 Å². The predicted octanol–water partition coefficient (Wildman–Crippen LogP) is 0.541. The Hall–Kier alpha value is -1.04. The van der Waals surface area contributed by atoms with Crippen LogP contribution in [0.2, 0.25) is 0 Å². The highest BCUT2D eigenvalue weighted by Gasteiger charge is 2.14. The molecule has 0 bridgehead atoms. The number of nitrogen functional groups attached to an aromatic ring is 1. The molecule has 0 aliphatic carbocycles. The van der Waals surface area contributed by atoms with Crippen LogP contribution in [0, 0.1) is 0 Å². The molecule has 0 aliphatic heterocycles. The summed E-state index contributed by atoms with van der Waals surface area (Å²) >= 11 is 3.04. The maximum atomic E-state index is 10.9. The van der Waals surface area contributed by atoms with E-state index in [0.717, 1.165) is 0 Å². The number of nitrogens with one attached hydrogen (secondary N) is 1. The number of aromatic nitrogens is 2. The van der Waals surface area contributed by atoms with Crippen molar-refractivity contribution in [1.82, 2.24) is 10.2 Å². The minimum atomic E-state index is -0.527. The van der Waals surface area contributed by atoms with Crippen LogP contribution in [0.5, 0.6) is 0 Å². The number of hydrogen-bond acceptors (Lipinski definition) is 4. The van der Waals surface area contributed by atoms with Crippen molar-refractivity contribution in [3.05, 3.63) is 10.3 Å². The summed E-state index contributed by atoms with van der Waals surface area (Å²) in [6.45, 7) is 0. The SMILES string of the molecule is COC(=O)c1[nH]nc(Br)c1N. The van der Waals surface area contributed by atoms with Gasteiger partial charge in [0.25, 0.3) is 0 Å². The lowest BCUT2D eigenvalue weighted by atomic mass is 10.4. The van der Waals surface area contributed by atoms with Gasteiger partial charge < -0.3 is 10.5 Å². The van der Waals surface area contributed by atoms with E-state index in [1.807, 2.05) is 0 Å². The van der Waals surface area contributed by atoms with E-state index in [0.29, 0.717) is 4.60 Å². The summed E-state index contributed by atoms with van der Waals surface area (Å²) < 4.78 is 4.83. The van der Waals surface area contributed by atoms with Crippen LogP contribution in [-0.4, -0.2) is 23.3 Å². The number of H-pyrrole nitrogens is 1. The second kappa shape index (κ2) is 2.91. The van der Waals surface area contributed by atoms with Gasteiger partial charge in [0.05, 0.1) is 12.8 Å². The standard InChI is InChI=1S/C5H6BrN3O2/c1-11-5(10)3-2(7)4(6)9-8-3/h7H2,1H3,(H,8,9). The molecule has 11 heavy (non-hydrogen) atoms. The summed E-state index contributed by atoms with van der Waals surface area (Å²) in [5.41, 5.74) is 5.86. The number of rotatable bonds is 1. The van der Waals surface area contributed by atoms with Gasteiger partial charge in [-0.25, -0.2) is 4.79 Å². The Bertz CT molecular complexity index is 283. The first kappa shape index (κ1) is 8.06. The molecule has 3 N–H and O–H groups in total. The van der Waals surface area contributed by atoms with Crippen LogP contribution >= 0.6 is 15.9 Å². The second-order valence-corrected chi connectivity index (χ2v) is 2.55. The summed E-state index contributed by atoms with van der Waals surface area (Å²) in [5, 5.41) is 6.08. The Morgan fingerprint density at radius 2 is 2.45 bits per heavy atom. The highest BCUT2D eigenvalue weighted by atomic mass is 79.9. The zero-order valence-corrected chi connectivity index (χ0v) is 7.31. The molecule has 5 nitrogen and oxygen atoms in total. The molecule has 0 saturated carbocycles. The fourth-order valence-electron chi connectivity index (χ4n) is 0.586. The molecule has 0 amide bonds. The summed E-state index contributed by atoms with van der Waals surface area (Å²) in [5.74, 6) is -0.527. The van der Waals surface area contributed by atoms with E-state index in [4.69, 9.17) is 5.73 Å². The summed E-state index contributed by atoms with van der Waals surface area (Å²) in [7, 11) is 1.27. The first-order valence-electron chi connectivity index (χ1n) is 2.74. The van der Waals surface area contributed by atoms with Crippen molar-refractivity contribution in [3.8, 4) is 0 Å². The minimum absolute atomic E-state index is 0.166. The van der Waals surface area contributed by atoms with E-state index in [-0.39, 0.29) is 11.4 Å². The van der Waals surface area contributed by atoms with Crippen LogP contribution in [0.3, 0.4) is 0 Å². The number of methoxy groups -OCH3 is 1. The van der Waals surface area contributed by atoms with Crippen LogP contribution in [0.4, 0.5) is 5.69 Å². The number of esters is 1. The van der Waals surface area contributed by atoms with Crippen molar-refractivity contribution in [2.75, 3.05) is 12.8 Å². The Kier molecular flexibility index (Phi) is 2.13. The Morgan fingerprint density at radius 1 is 1.82 bits per heavy atom. The highest BCUT2D eigenvalue weighted by Crippen LogP contribution is 2.19. The molecule has 0 aromatic carbocycles. The monoisotopic (exact) mass is 219 g/mol. The molecular formula is C5H6BrN3O2. The van der Waals surface area contributed by atoms with Crippen LogP contribution in [0.1, 0.15) is 10.5 Å². The third-order valence-corrected chi connectivity index (χ3v) is 1.75. The molecule has 1 aromatic heterocycles. The van der Waals surface area contributed by atoms with Gasteiger partial charge in [0.15, 0.2) is 10.3 Å². The second-order valence-electron chi connectivity index (χ2n) is 1.79. The lowest BCUT2D eigenvalue weighted by Crippen LogP contribution is -2.04. The van der Waals surface area contributed by atoms with Crippen molar-refractivity contribution in [3.63, 3.8) is 0 Å². The molecule has 1 heterocycles. The molecule has 1 aromatic rings. The fourth-order valence-corrected chi connectivity index (χ4v) is 0.873. The first-order chi connectivity index (χ1) is 5.16. The Morgan fingerprint density at radius 3 is 2.82 bits per heavy atom. The Balaban J connectivity index is 3.04. The number of anilines is 1. The number of ether oxygens (including phenoxy) is 1. The van der Waals surface area contributed by atoms with Crippen LogP contribution in [-0.2, 0) is 4.74 Å². The van der Waals surface area contributed by atoms with E-state index in [9.17, 15) is 4.79 Å². The molecule has 1 rings (SSSR count). The van der Waals surface area contributed by atoms with Gasteiger partial charge in [-0.2, -0.15) is 5.10 Å². The maximum absolute atomic E-state index is 10.9. The number of nitrogens with two attached hydrogens (primary N) is 1. The van der Waals surface area contributed by atoms with Gasteiger partial charge in [-0.3, -0.25) is 5.10 Å². The molecule has 0 radical (unpaired) electrons. The maximum Gasteiger partial charge on any atom is 0.358 e. The number of aromatic amines is 1. The number of carbonyl (C=O) groups excluding carboxylic acids is 1. The third kappa shape index (κ3) is 1.35. The topological polar surface area (TPSA) is 81.0 Å². The average Bonchev–Trinajstić information content (AvgIpc) is 2.32. The van der Waals surface area contributed by atoms with Gasteiger partial charge in [-0.1, -0.05) is 0 Å². The molecule has 0 unspecified atom stereocenters. The van der Waals surface area contributed by atoms with Crippen molar-refractivity contribution >= 4 is 27.6 Å². The first-order valence-corrected chi connectivity index (χ1v) is 3.53. The van der Waals surface area contributed by atoms with Gasteiger partial charge in [0.2, 0.25) is 0 Å². The molecule has 0 aliphatic rings. The summed E-state index contributed by atoms with van der Waals surface area (Å²) in [6.07, 6.45) is 0. The summed E-state index contributed by atoms with van der Waals surface area (Å²) in [6, 6.07) is 0. The van der Waals surface area contributed by atoms with Crippen LogP contribution in [0.15, 0.2) is 4.60 Å². The molecule has 0 fully saturated rings. The van der Waals surface area contributed by atoms with E-state index in [2.05, 4.69) is 30.9 Å². The number of halogens is 1. The molecule has 0 saturated heterocycles. The lowest BCUT2D eigenvalue weighted by molar-refractivity contribution is 0.0595. The summed E-state index contributed by atoms with van der Waals surface area (Å²) in [4.78, 5) is 10.9. The van der Waals surface area contributed by atoms with E-state index < -0.39 is 5.97 Å². The van der Waals surface area contributed by atoms with Gasteiger partial charge in [0.1, 0.15) is 0 Å². The van der Waals surface area contributed by atoms with E-state index in [1.54, 1.807) is 0 Å². The van der Waals surface area contributed by atoms with Crippen molar-refractivity contribution in [2.24, 2.45) is 0 Å². The molecule has 60 valence electrons. The smallest absolute Gasteiger partial charge is 0.358 e. The normalized spacial score (nSPS) is 9.64. The van der Waals surface area contributed by atoms with Gasteiger partial charge in [0, 0.05) is 0 Å². The predicted molar refractivity (Wildman–Crippen MR) is 42.0 cm³/mol. The van der Waals surface area contributed by atoms with Gasteiger partial charge in [-0.05, 0) is 15.9 Å². The van der Waals surface area contributed by atoms with Crippen molar-refractivity contribution in [1.29, 1.82) is 0 Å². The Labute approximate surface area is 71.0 Å². The van der Waals surface area contributed by atoms with Gasteiger partial charge in [-0.15, -0.1) is 0 Å². The number of nitrogens with zero attached hydrogens (tertiary/aromatic N) is 1.